The molecule has 0 aliphatic carbocycles. The summed E-state index contributed by atoms with van der Waals surface area (Å²) in [7, 11) is 1.52. The topological polar surface area (TPSA) is 50.1 Å². The third-order valence-corrected chi connectivity index (χ3v) is 2.00. The molecule has 14 heavy (non-hydrogen) atoms. The summed E-state index contributed by atoms with van der Waals surface area (Å²) in [5, 5.41) is 7.99. The average molecular weight is 210 g/mol. The van der Waals surface area contributed by atoms with Gasteiger partial charge in [0.2, 0.25) is 0 Å². The Morgan fingerprint density at radius 3 is 2.86 bits per heavy atom. The maximum absolute atomic E-state index is 11.0. The molecular formula is C10H8ClNO2. The SMILES string of the molecule is COc1ccc(C(=O)Cl)c(CC#N)c1. The minimum atomic E-state index is -0.557. The Hall–Kier alpha value is -1.53. The summed E-state index contributed by atoms with van der Waals surface area (Å²) in [6.45, 7) is 0. The second-order valence-corrected chi connectivity index (χ2v) is 2.97. The molecule has 0 aromatic heterocycles. The largest absolute Gasteiger partial charge is 0.497 e. The highest BCUT2D eigenvalue weighted by Gasteiger charge is 2.09. The monoisotopic (exact) mass is 209 g/mol. The highest BCUT2D eigenvalue weighted by Crippen LogP contribution is 2.19. The summed E-state index contributed by atoms with van der Waals surface area (Å²) < 4.78 is 4.97. The van der Waals surface area contributed by atoms with Crippen molar-refractivity contribution >= 4 is 16.8 Å². The fourth-order valence-corrected chi connectivity index (χ4v) is 1.30. The number of hydrogen-bond donors (Lipinski definition) is 0. The van der Waals surface area contributed by atoms with Gasteiger partial charge in [0, 0.05) is 5.56 Å². The lowest BCUT2D eigenvalue weighted by atomic mass is 10.1. The standard InChI is InChI=1S/C10H8ClNO2/c1-14-8-2-3-9(10(11)13)7(6-8)4-5-12/h2-3,6H,4H2,1H3. The van der Waals surface area contributed by atoms with Crippen LogP contribution in [0.25, 0.3) is 0 Å². The zero-order valence-electron chi connectivity index (χ0n) is 7.58. The summed E-state index contributed by atoms with van der Waals surface area (Å²) in [5.74, 6) is 0.608. The first kappa shape index (κ1) is 10.6. The number of nitriles is 1. The van der Waals surface area contributed by atoms with Crippen LogP contribution in [0.3, 0.4) is 0 Å². The van der Waals surface area contributed by atoms with Crippen molar-refractivity contribution in [2.75, 3.05) is 7.11 Å². The second kappa shape index (κ2) is 4.64. The van der Waals surface area contributed by atoms with Crippen LogP contribution in [-0.4, -0.2) is 12.4 Å². The lowest BCUT2D eigenvalue weighted by Crippen LogP contribution is -1.97. The quantitative estimate of drug-likeness (QED) is 0.717. The normalized spacial score (nSPS) is 9.21. The number of halogens is 1. The van der Waals surface area contributed by atoms with E-state index in [0.717, 1.165) is 0 Å². The highest BCUT2D eigenvalue weighted by atomic mass is 35.5. The van der Waals surface area contributed by atoms with Crippen LogP contribution in [0.2, 0.25) is 0 Å². The van der Waals surface area contributed by atoms with E-state index in [9.17, 15) is 4.79 Å². The highest BCUT2D eigenvalue weighted by molar-refractivity contribution is 6.67. The Bertz CT molecular complexity index is 396. The minimum Gasteiger partial charge on any atom is -0.497 e. The van der Waals surface area contributed by atoms with E-state index >= 15 is 0 Å². The van der Waals surface area contributed by atoms with E-state index in [1.807, 2.05) is 6.07 Å². The number of ether oxygens (including phenoxy) is 1. The van der Waals surface area contributed by atoms with Crippen LogP contribution >= 0.6 is 11.6 Å². The minimum absolute atomic E-state index is 0.144. The molecule has 1 aromatic rings. The molecule has 0 bridgehead atoms. The van der Waals surface area contributed by atoms with Crippen LogP contribution in [0.1, 0.15) is 15.9 Å². The van der Waals surface area contributed by atoms with E-state index < -0.39 is 5.24 Å². The fraction of sp³-hybridized carbons (Fsp3) is 0.200. The summed E-state index contributed by atoms with van der Waals surface area (Å²) in [6.07, 6.45) is 0.144. The van der Waals surface area contributed by atoms with Gasteiger partial charge in [-0.1, -0.05) is 0 Å². The molecule has 1 rings (SSSR count). The van der Waals surface area contributed by atoms with Gasteiger partial charge in [-0.2, -0.15) is 5.26 Å². The van der Waals surface area contributed by atoms with Crippen molar-refractivity contribution in [1.82, 2.24) is 0 Å². The molecule has 0 saturated heterocycles. The lowest BCUT2D eigenvalue weighted by molar-refractivity contribution is 0.108. The average Bonchev–Trinajstić information content (AvgIpc) is 2.17. The smallest absolute Gasteiger partial charge is 0.252 e. The molecule has 0 atom stereocenters. The molecule has 0 amide bonds. The van der Waals surface area contributed by atoms with Gasteiger partial charge in [-0.3, -0.25) is 4.79 Å². The number of rotatable bonds is 3. The van der Waals surface area contributed by atoms with Gasteiger partial charge in [0.15, 0.2) is 0 Å². The van der Waals surface area contributed by atoms with Crippen LogP contribution in [0.4, 0.5) is 0 Å². The Morgan fingerprint density at radius 1 is 1.64 bits per heavy atom. The number of carbonyl (C=O) groups excluding carboxylic acids is 1. The van der Waals surface area contributed by atoms with E-state index in [2.05, 4.69) is 0 Å². The van der Waals surface area contributed by atoms with Gasteiger partial charge in [0.1, 0.15) is 5.75 Å². The summed E-state index contributed by atoms with van der Waals surface area (Å²) >= 11 is 5.35. The van der Waals surface area contributed by atoms with Gasteiger partial charge in [0.05, 0.1) is 19.6 Å². The molecule has 72 valence electrons. The third-order valence-electron chi connectivity index (χ3n) is 1.79. The zero-order valence-corrected chi connectivity index (χ0v) is 8.34. The zero-order chi connectivity index (χ0) is 10.6. The van der Waals surface area contributed by atoms with Crippen molar-refractivity contribution in [3.63, 3.8) is 0 Å². The van der Waals surface area contributed by atoms with Crippen LogP contribution in [-0.2, 0) is 6.42 Å². The number of hydrogen-bond acceptors (Lipinski definition) is 3. The maximum atomic E-state index is 11.0. The van der Waals surface area contributed by atoms with Crippen molar-refractivity contribution in [2.24, 2.45) is 0 Å². The van der Waals surface area contributed by atoms with Crippen molar-refractivity contribution < 1.29 is 9.53 Å². The molecule has 0 heterocycles. The van der Waals surface area contributed by atoms with Gasteiger partial charge in [-0.15, -0.1) is 0 Å². The lowest BCUT2D eigenvalue weighted by Gasteiger charge is -2.05. The maximum Gasteiger partial charge on any atom is 0.252 e. The Labute approximate surface area is 86.9 Å². The summed E-state index contributed by atoms with van der Waals surface area (Å²) in [4.78, 5) is 11.0. The molecule has 0 fully saturated rings. The fourth-order valence-electron chi connectivity index (χ4n) is 1.12. The molecule has 4 heteroatoms. The Kier molecular flexibility index (Phi) is 3.49. The van der Waals surface area contributed by atoms with E-state index in [-0.39, 0.29) is 6.42 Å². The van der Waals surface area contributed by atoms with E-state index in [1.165, 1.54) is 7.11 Å². The molecule has 0 N–H and O–H groups in total. The number of benzene rings is 1. The van der Waals surface area contributed by atoms with Crippen LogP contribution < -0.4 is 4.74 Å². The van der Waals surface area contributed by atoms with Crippen molar-refractivity contribution in [2.45, 2.75) is 6.42 Å². The van der Waals surface area contributed by atoms with E-state index in [1.54, 1.807) is 18.2 Å². The van der Waals surface area contributed by atoms with Crippen molar-refractivity contribution in [3.8, 4) is 11.8 Å². The molecule has 3 nitrogen and oxygen atoms in total. The molecule has 0 spiro atoms. The first-order valence-corrected chi connectivity index (χ1v) is 4.30. The van der Waals surface area contributed by atoms with Crippen molar-refractivity contribution in [3.05, 3.63) is 29.3 Å². The summed E-state index contributed by atoms with van der Waals surface area (Å²) in [5.41, 5.74) is 0.945. The summed E-state index contributed by atoms with van der Waals surface area (Å²) in [6, 6.07) is 6.79. The molecule has 0 aliphatic rings. The first-order valence-electron chi connectivity index (χ1n) is 3.92. The van der Waals surface area contributed by atoms with Crippen LogP contribution in [0.5, 0.6) is 5.75 Å². The second-order valence-electron chi connectivity index (χ2n) is 2.63. The molecule has 1 aromatic carbocycles. The molecule has 0 unspecified atom stereocenters. The third kappa shape index (κ3) is 2.24. The molecule has 0 aliphatic heterocycles. The molecule has 0 radical (unpaired) electrons. The van der Waals surface area contributed by atoms with Crippen LogP contribution in [0, 0.1) is 11.3 Å². The Balaban J connectivity index is 3.18. The number of carbonyl (C=O) groups is 1. The first-order chi connectivity index (χ1) is 6.69. The van der Waals surface area contributed by atoms with Crippen LogP contribution in [0.15, 0.2) is 18.2 Å². The number of nitrogens with zero attached hydrogens (tertiary/aromatic N) is 1. The van der Waals surface area contributed by atoms with E-state index in [0.29, 0.717) is 16.9 Å². The predicted molar refractivity (Wildman–Crippen MR) is 52.5 cm³/mol. The van der Waals surface area contributed by atoms with Gasteiger partial charge in [-0.25, -0.2) is 0 Å². The number of methoxy groups -OCH3 is 1. The van der Waals surface area contributed by atoms with Gasteiger partial charge < -0.3 is 4.74 Å². The van der Waals surface area contributed by atoms with Gasteiger partial charge >= 0.3 is 0 Å². The Morgan fingerprint density at radius 2 is 2.36 bits per heavy atom. The van der Waals surface area contributed by atoms with E-state index in [4.69, 9.17) is 21.6 Å². The predicted octanol–water partition coefficient (Wildman–Crippen LogP) is 2.14. The molecule has 0 saturated carbocycles. The van der Waals surface area contributed by atoms with Gasteiger partial charge in [0.25, 0.3) is 5.24 Å². The van der Waals surface area contributed by atoms with Crippen molar-refractivity contribution in [1.29, 1.82) is 5.26 Å². The van der Waals surface area contributed by atoms with Gasteiger partial charge in [-0.05, 0) is 35.4 Å². The molecular weight excluding hydrogens is 202 g/mol.